The predicted octanol–water partition coefficient (Wildman–Crippen LogP) is -1.44. The van der Waals surface area contributed by atoms with Crippen molar-refractivity contribution in [2.45, 2.75) is 24.9 Å². The van der Waals surface area contributed by atoms with Gasteiger partial charge in [-0.1, -0.05) is 0 Å². The minimum absolute atomic E-state index is 0.0592. The Kier molecular flexibility index (Phi) is 3.42. The molecule has 8 heteroatoms. The van der Waals surface area contributed by atoms with Crippen LogP contribution in [0.1, 0.15) is 6.42 Å². The zero-order chi connectivity index (χ0) is 10.1. The lowest BCUT2D eigenvalue weighted by Gasteiger charge is -2.12. The summed E-state index contributed by atoms with van der Waals surface area (Å²) < 4.78 is 19.3. The maximum atomic E-state index is 10.3. The van der Waals surface area contributed by atoms with Crippen molar-refractivity contribution in [3.8, 4) is 0 Å². The number of hydrogen-bond acceptors (Lipinski definition) is 5. The third-order valence-electron chi connectivity index (χ3n) is 1.62. The summed E-state index contributed by atoms with van der Waals surface area (Å²) in [6.45, 7) is -0.414. The van der Waals surface area contributed by atoms with Gasteiger partial charge in [-0.3, -0.25) is 4.52 Å². The summed E-state index contributed by atoms with van der Waals surface area (Å²) in [4.78, 5) is 16.8. The van der Waals surface area contributed by atoms with Gasteiger partial charge >= 0.3 is 7.82 Å². The second-order valence-electron chi connectivity index (χ2n) is 2.69. The number of rotatable bonds is 3. The van der Waals surface area contributed by atoms with Crippen LogP contribution in [0.5, 0.6) is 0 Å². The van der Waals surface area contributed by atoms with E-state index in [1.165, 1.54) is 0 Å². The van der Waals surface area contributed by atoms with Crippen molar-refractivity contribution in [3.63, 3.8) is 0 Å². The van der Waals surface area contributed by atoms with Gasteiger partial charge in [0.2, 0.25) is 0 Å². The van der Waals surface area contributed by atoms with E-state index in [-0.39, 0.29) is 6.42 Å². The first kappa shape index (κ1) is 11.1. The molecule has 1 aliphatic heterocycles. The molecular formula is C5H11O7P. The van der Waals surface area contributed by atoms with E-state index in [2.05, 4.69) is 4.52 Å². The molecule has 1 saturated heterocycles. The molecule has 7 nitrogen and oxygen atoms in total. The second-order valence-corrected chi connectivity index (χ2v) is 3.88. The van der Waals surface area contributed by atoms with E-state index in [4.69, 9.17) is 24.7 Å². The topological polar surface area (TPSA) is 116 Å². The molecule has 0 bridgehead atoms. The smallest absolute Gasteiger partial charge is 0.394 e. The molecule has 1 fully saturated rings. The lowest BCUT2D eigenvalue weighted by atomic mass is 10.2. The zero-order valence-electron chi connectivity index (χ0n) is 6.61. The van der Waals surface area contributed by atoms with E-state index in [1.807, 2.05) is 0 Å². The third-order valence-corrected chi connectivity index (χ3v) is 2.13. The van der Waals surface area contributed by atoms with Crippen molar-refractivity contribution in [2.75, 3.05) is 6.61 Å². The fourth-order valence-electron chi connectivity index (χ4n) is 1.08. The lowest BCUT2D eigenvalue weighted by molar-refractivity contribution is -0.102. The molecule has 0 spiro atoms. The first-order chi connectivity index (χ1) is 5.92. The Bertz CT molecular complexity index is 213. The van der Waals surface area contributed by atoms with Gasteiger partial charge in [-0.25, -0.2) is 4.57 Å². The highest BCUT2D eigenvalue weighted by atomic mass is 31.2. The van der Waals surface area contributed by atoms with Gasteiger partial charge in [-0.05, 0) is 0 Å². The Morgan fingerprint density at radius 2 is 2.15 bits per heavy atom. The largest absolute Gasteiger partial charge is 0.471 e. The molecule has 0 aromatic carbocycles. The van der Waals surface area contributed by atoms with Crippen LogP contribution < -0.4 is 0 Å². The molecule has 3 atom stereocenters. The number of hydrogen-bond donors (Lipinski definition) is 4. The van der Waals surface area contributed by atoms with Crippen LogP contribution in [0.2, 0.25) is 0 Å². The number of aliphatic hydroxyl groups excluding tert-OH is 2. The van der Waals surface area contributed by atoms with Gasteiger partial charge in [0, 0.05) is 6.42 Å². The highest BCUT2D eigenvalue weighted by molar-refractivity contribution is 7.46. The molecule has 0 aromatic rings. The summed E-state index contributed by atoms with van der Waals surface area (Å²) in [6, 6.07) is 0. The average Bonchev–Trinajstić information content (AvgIpc) is 2.26. The molecule has 0 amide bonds. The van der Waals surface area contributed by atoms with Crippen molar-refractivity contribution < 1.29 is 33.8 Å². The van der Waals surface area contributed by atoms with Crippen LogP contribution in [-0.4, -0.2) is 45.1 Å². The van der Waals surface area contributed by atoms with E-state index in [1.54, 1.807) is 0 Å². The molecule has 0 aliphatic carbocycles. The lowest BCUT2D eigenvalue weighted by Crippen LogP contribution is -2.24. The van der Waals surface area contributed by atoms with Gasteiger partial charge in [0.15, 0.2) is 6.29 Å². The van der Waals surface area contributed by atoms with Gasteiger partial charge in [-0.2, -0.15) is 0 Å². The molecule has 0 saturated carbocycles. The monoisotopic (exact) mass is 214 g/mol. The molecule has 13 heavy (non-hydrogen) atoms. The van der Waals surface area contributed by atoms with E-state index in [0.29, 0.717) is 0 Å². The van der Waals surface area contributed by atoms with E-state index < -0.39 is 32.9 Å². The summed E-state index contributed by atoms with van der Waals surface area (Å²) in [5, 5.41) is 17.8. The van der Waals surface area contributed by atoms with Gasteiger partial charge in [0.25, 0.3) is 0 Å². The quantitative estimate of drug-likeness (QED) is 0.425. The molecule has 1 heterocycles. The summed E-state index contributed by atoms with van der Waals surface area (Å²) in [5.74, 6) is 0. The predicted molar refractivity (Wildman–Crippen MR) is 39.5 cm³/mol. The zero-order valence-corrected chi connectivity index (χ0v) is 7.50. The summed E-state index contributed by atoms with van der Waals surface area (Å²) in [7, 11) is -4.60. The standard InChI is InChI=1S/C5H11O7P/c6-2-4-3(7)1-5(11-4)12-13(8,9)10/h3-7H,1-2H2,(H2,8,9,10)/t3-,4-,5-/m1/s1. The second kappa shape index (κ2) is 4.02. The highest BCUT2D eigenvalue weighted by Gasteiger charge is 2.37. The fourth-order valence-corrected chi connectivity index (χ4v) is 1.52. The third kappa shape index (κ3) is 3.32. The number of ether oxygens (including phenoxy) is 1. The van der Waals surface area contributed by atoms with Crippen LogP contribution in [0.15, 0.2) is 0 Å². The normalized spacial score (nSPS) is 35.2. The van der Waals surface area contributed by atoms with Crippen LogP contribution >= 0.6 is 7.82 Å². The average molecular weight is 214 g/mol. The minimum atomic E-state index is -4.60. The van der Waals surface area contributed by atoms with Crippen molar-refractivity contribution >= 4 is 7.82 Å². The summed E-state index contributed by atoms with van der Waals surface area (Å²) in [6.07, 6.45) is -3.01. The Hall–Kier alpha value is -0.0100. The molecule has 1 rings (SSSR count). The molecular weight excluding hydrogens is 203 g/mol. The van der Waals surface area contributed by atoms with Gasteiger partial charge < -0.3 is 24.7 Å². The van der Waals surface area contributed by atoms with Crippen LogP contribution in [0.25, 0.3) is 0 Å². The van der Waals surface area contributed by atoms with Crippen LogP contribution in [-0.2, 0) is 13.8 Å². The Morgan fingerprint density at radius 1 is 1.54 bits per heavy atom. The van der Waals surface area contributed by atoms with Crippen LogP contribution in [0, 0.1) is 0 Å². The maximum Gasteiger partial charge on any atom is 0.471 e. The highest BCUT2D eigenvalue weighted by Crippen LogP contribution is 2.40. The van der Waals surface area contributed by atoms with Crippen molar-refractivity contribution in [2.24, 2.45) is 0 Å². The van der Waals surface area contributed by atoms with Gasteiger partial charge in [-0.15, -0.1) is 0 Å². The van der Waals surface area contributed by atoms with Crippen LogP contribution in [0.4, 0.5) is 0 Å². The molecule has 0 aromatic heterocycles. The summed E-state index contributed by atoms with van der Waals surface area (Å²) >= 11 is 0. The first-order valence-electron chi connectivity index (χ1n) is 3.60. The molecule has 1 aliphatic rings. The first-order valence-corrected chi connectivity index (χ1v) is 5.14. The Morgan fingerprint density at radius 3 is 2.54 bits per heavy atom. The molecule has 0 unspecified atom stereocenters. The van der Waals surface area contributed by atoms with Gasteiger partial charge in [0.05, 0.1) is 12.7 Å². The number of aliphatic hydroxyl groups is 2. The number of phosphoric acid groups is 1. The Balaban J connectivity index is 2.45. The summed E-state index contributed by atoms with van der Waals surface area (Å²) in [5.41, 5.74) is 0. The Labute approximate surface area is 74.1 Å². The molecule has 4 N–H and O–H groups in total. The fraction of sp³-hybridized carbons (Fsp3) is 1.00. The van der Waals surface area contributed by atoms with Crippen LogP contribution in [0.3, 0.4) is 0 Å². The van der Waals surface area contributed by atoms with E-state index >= 15 is 0 Å². The number of phosphoric ester groups is 1. The molecule has 78 valence electrons. The maximum absolute atomic E-state index is 10.3. The van der Waals surface area contributed by atoms with E-state index in [0.717, 1.165) is 0 Å². The minimum Gasteiger partial charge on any atom is -0.394 e. The van der Waals surface area contributed by atoms with Crippen molar-refractivity contribution in [1.82, 2.24) is 0 Å². The van der Waals surface area contributed by atoms with Crippen molar-refractivity contribution in [3.05, 3.63) is 0 Å². The van der Waals surface area contributed by atoms with E-state index in [9.17, 15) is 4.57 Å². The van der Waals surface area contributed by atoms with Crippen molar-refractivity contribution in [1.29, 1.82) is 0 Å². The van der Waals surface area contributed by atoms with Gasteiger partial charge in [0.1, 0.15) is 6.10 Å². The SMILES string of the molecule is O=P(O)(O)O[C@@H]1C[C@@H](O)[C@@H](CO)O1. The molecule has 0 radical (unpaired) electrons.